The van der Waals surface area contributed by atoms with E-state index in [1.807, 2.05) is 4.90 Å². The molecule has 0 saturated carbocycles. The summed E-state index contributed by atoms with van der Waals surface area (Å²) in [7, 11) is 0. The largest absolute Gasteiger partial charge is 0.396 e. The summed E-state index contributed by atoms with van der Waals surface area (Å²) in [4.78, 5) is 15.9. The third kappa shape index (κ3) is 3.54. The second-order valence-corrected chi connectivity index (χ2v) is 5.52. The van der Waals surface area contributed by atoms with Gasteiger partial charge in [-0.05, 0) is 33.3 Å². The lowest BCUT2D eigenvalue weighted by atomic mass is 10.0. The van der Waals surface area contributed by atoms with Crippen LogP contribution in [0.1, 0.15) is 27.2 Å². The second kappa shape index (κ2) is 5.65. The summed E-state index contributed by atoms with van der Waals surface area (Å²) in [6.07, 6.45) is 1.99. The molecule has 1 saturated heterocycles. The monoisotopic (exact) mass is 240 g/mol. The van der Waals surface area contributed by atoms with E-state index in [1.54, 1.807) is 0 Å². The molecule has 0 aromatic heterocycles. The third-order valence-electron chi connectivity index (χ3n) is 3.35. The van der Waals surface area contributed by atoms with Crippen molar-refractivity contribution in [2.45, 2.75) is 38.8 Å². The predicted octanol–water partition coefficient (Wildman–Crippen LogP) is 0.866. The van der Waals surface area contributed by atoms with Gasteiger partial charge in [-0.15, -0.1) is 0 Å². The molecule has 4 nitrogen and oxygen atoms in total. The first-order chi connectivity index (χ1) is 7.90. The van der Waals surface area contributed by atoms with E-state index in [-0.39, 0.29) is 24.1 Å². The zero-order chi connectivity index (χ0) is 13.1. The lowest BCUT2D eigenvalue weighted by Gasteiger charge is -2.46. The Hall–Kier alpha value is -0.870. The van der Waals surface area contributed by atoms with Gasteiger partial charge in [-0.1, -0.05) is 6.58 Å². The zero-order valence-corrected chi connectivity index (χ0v) is 11.1. The fourth-order valence-corrected chi connectivity index (χ4v) is 2.27. The highest BCUT2D eigenvalue weighted by molar-refractivity contribution is 5.87. The highest BCUT2D eigenvalue weighted by atomic mass is 16.3. The van der Waals surface area contributed by atoms with Gasteiger partial charge in [0.1, 0.15) is 0 Å². The molecule has 1 rings (SSSR count). The Morgan fingerprint density at radius 3 is 2.59 bits per heavy atom. The highest BCUT2D eigenvalue weighted by Crippen LogP contribution is 2.21. The van der Waals surface area contributed by atoms with Crippen LogP contribution in [0.2, 0.25) is 0 Å². The van der Waals surface area contributed by atoms with Crippen LogP contribution in [0.3, 0.4) is 0 Å². The lowest BCUT2D eigenvalue weighted by molar-refractivity contribution is -0.132. The fourth-order valence-electron chi connectivity index (χ4n) is 2.27. The van der Waals surface area contributed by atoms with Gasteiger partial charge < -0.3 is 10.0 Å². The Morgan fingerprint density at radius 1 is 1.47 bits per heavy atom. The van der Waals surface area contributed by atoms with E-state index in [4.69, 9.17) is 5.11 Å². The Balaban J connectivity index is 2.73. The number of rotatable bonds is 3. The van der Waals surface area contributed by atoms with Crippen LogP contribution in [0.4, 0.5) is 0 Å². The van der Waals surface area contributed by atoms with Crippen molar-refractivity contribution in [1.82, 2.24) is 9.80 Å². The number of carbonyl (C=O) groups is 1. The van der Waals surface area contributed by atoms with Crippen LogP contribution in [-0.2, 0) is 4.79 Å². The minimum absolute atomic E-state index is 0.0305. The molecular formula is C13H24N2O2. The summed E-state index contributed by atoms with van der Waals surface area (Å²) >= 11 is 0. The van der Waals surface area contributed by atoms with Gasteiger partial charge in [-0.3, -0.25) is 9.69 Å². The van der Waals surface area contributed by atoms with E-state index >= 15 is 0 Å². The molecule has 1 amide bonds. The predicted molar refractivity (Wildman–Crippen MR) is 68.7 cm³/mol. The van der Waals surface area contributed by atoms with Gasteiger partial charge >= 0.3 is 0 Å². The number of aliphatic hydroxyl groups excluding tert-OH is 1. The molecule has 0 aliphatic carbocycles. The Morgan fingerprint density at radius 2 is 2.12 bits per heavy atom. The molecule has 1 atom stereocenters. The molecule has 1 N–H and O–H groups in total. The van der Waals surface area contributed by atoms with E-state index in [0.717, 1.165) is 13.1 Å². The van der Waals surface area contributed by atoms with Crippen LogP contribution in [0, 0.1) is 0 Å². The van der Waals surface area contributed by atoms with E-state index in [9.17, 15) is 4.79 Å². The molecule has 98 valence electrons. The SMILES string of the molecule is C=CC(=O)N1CCN(C(C)(C)C)CC1CCO. The van der Waals surface area contributed by atoms with Gasteiger partial charge in [0.15, 0.2) is 0 Å². The van der Waals surface area contributed by atoms with Crippen molar-refractivity contribution in [2.75, 3.05) is 26.2 Å². The van der Waals surface area contributed by atoms with E-state index in [0.29, 0.717) is 13.0 Å². The van der Waals surface area contributed by atoms with Crippen molar-refractivity contribution < 1.29 is 9.90 Å². The fraction of sp³-hybridized carbons (Fsp3) is 0.769. The van der Waals surface area contributed by atoms with Gasteiger partial charge in [0, 0.05) is 37.8 Å². The number of amides is 1. The lowest BCUT2D eigenvalue weighted by Crippen LogP contribution is -2.59. The van der Waals surface area contributed by atoms with Gasteiger partial charge in [0.05, 0.1) is 0 Å². The van der Waals surface area contributed by atoms with E-state index < -0.39 is 0 Å². The molecule has 0 bridgehead atoms. The average Bonchev–Trinajstić information content (AvgIpc) is 2.27. The summed E-state index contributed by atoms with van der Waals surface area (Å²) in [5, 5.41) is 9.10. The molecular weight excluding hydrogens is 216 g/mol. The number of aliphatic hydroxyl groups is 1. The standard InChI is InChI=1S/C13H24N2O2/c1-5-12(17)15-8-7-14(13(2,3)4)10-11(15)6-9-16/h5,11,16H,1,6-10H2,2-4H3. The van der Waals surface area contributed by atoms with Crippen LogP contribution in [0.15, 0.2) is 12.7 Å². The number of piperazine rings is 1. The highest BCUT2D eigenvalue weighted by Gasteiger charge is 2.33. The molecule has 1 heterocycles. The normalized spacial score (nSPS) is 22.6. The molecule has 0 spiro atoms. The molecule has 1 unspecified atom stereocenters. The first kappa shape index (κ1) is 14.2. The van der Waals surface area contributed by atoms with Crippen molar-refractivity contribution in [3.63, 3.8) is 0 Å². The zero-order valence-electron chi connectivity index (χ0n) is 11.1. The molecule has 0 radical (unpaired) electrons. The smallest absolute Gasteiger partial charge is 0.246 e. The van der Waals surface area contributed by atoms with Crippen molar-refractivity contribution >= 4 is 5.91 Å². The maximum atomic E-state index is 11.7. The number of carbonyl (C=O) groups excluding carboxylic acids is 1. The van der Waals surface area contributed by atoms with Gasteiger partial charge in [0.2, 0.25) is 5.91 Å². The van der Waals surface area contributed by atoms with E-state index in [1.165, 1.54) is 6.08 Å². The quantitative estimate of drug-likeness (QED) is 0.744. The molecule has 4 heteroatoms. The summed E-state index contributed by atoms with van der Waals surface area (Å²) in [6.45, 7) is 12.6. The summed E-state index contributed by atoms with van der Waals surface area (Å²) < 4.78 is 0. The first-order valence-electron chi connectivity index (χ1n) is 6.19. The van der Waals surface area contributed by atoms with Crippen molar-refractivity contribution in [3.8, 4) is 0 Å². The van der Waals surface area contributed by atoms with Crippen LogP contribution in [0.5, 0.6) is 0 Å². The first-order valence-corrected chi connectivity index (χ1v) is 6.19. The van der Waals surface area contributed by atoms with Crippen LogP contribution >= 0.6 is 0 Å². The van der Waals surface area contributed by atoms with Crippen molar-refractivity contribution in [1.29, 1.82) is 0 Å². The Bertz CT molecular complexity index is 284. The maximum absolute atomic E-state index is 11.7. The topological polar surface area (TPSA) is 43.8 Å². The Kier molecular flexibility index (Phi) is 4.71. The van der Waals surface area contributed by atoms with E-state index in [2.05, 4.69) is 32.3 Å². The molecule has 1 fully saturated rings. The minimum Gasteiger partial charge on any atom is -0.396 e. The van der Waals surface area contributed by atoms with Crippen molar-refractivity contribution in [3.05, 3.63) is 12.7 Å². The minimum atomic E-state index is -0.0305. The maximum Gasteiger partial charge on any atom is 0.246 e. The molecule has 0 aromatic carbocycles. The van der Waals surface area contributed by atoms with Crippen LogP contribution < -0.4 is 0 Å². The molecule has 1 aliphatic heterocycles. The summed E-state index contributed by atoms with van der Waals surface area (Å²) in [6, 6.07) is 0.0958. The number of hydrogen-bond donors (Lipinski definition) is 1. The van der Waals surface area contributed by atoms with Gasteiger partial charge in [0.25, 0.3) is 0 Å². The van der Waals surface area contributed by atoms with Gasteiger partial charge in [-0.25, -0.2) is 0 Å². The molecule has 0 aromatic rings. The Labute approximate surface area is 104 Å². The van der Waals surface area contributed by atoms with Crippen LogP contribution in [0.25, 0.3) is 0 Å². The van der Waals surface area contributed by atoms with Gasteiger partial charge in [-0.2, -0.15) is 0 Å². The summed E-state index contributed by atoms with van der Waals surface area (Å²) in [5.41, 5.74) is 0.108. The number of nitrogens with zero attached hydrogens (tertiary/aromatic N) is 2. The average molecular weight is 240 g/mol. The molecule has 1 aliphatic rings. The number of hydrogen-bond acceptors (Lipinski definition) is 3. The van der Waals surface area contributed by atoms with Crippen molar-refractivity contribution in [2.24, 2.45) is 0 Å². The third-order valence-corrected chi connectivity index (χ3v) is 3.35. The molecule has 17 heavy (non-hydrogen) atoms. The summed E-state index contributed by atoms with van der Waals surface area (Å²) in [5.74, 6) is -0.0305. The second-order valence-electron chi connectivity index (χ2n) is 5.52. The van der Waals surface area contributed by atoms with Crippen LogP contribution in [-0.4, -0.2) is 58.6 Å².